The number of rotatable bonds is 17. The molecule has 4 N–H and O–H groups in total. The zero-order valence-electron chi connectivity index (χ0n) is 44.1. The second-order valence-electron chi connectivity index (χ2n) is 22.1. The molecule has 2 saturated carbocycles. The summed E-state index contributed by atoms with van der Waals surface area (Å²) in [6.45, 7) is 12.1. The topological polar surface area (TPSA) is 205 Å². The summed E-state index contributed by atoms with van der Waals surface area (Å²) in [5, 5.41) is 26.5. The summed E-state index contributed by atoms with van der Waals surface area (Å²) in [5.74, 6) is 1.71. The van der Waals surface area contributed by atoms with Gasteiger partial charge in [-0.3, -0.25) is 24.7 Å². The molecule has 2 aromatic heterocycles. The van der Waals surface area contributed by atoms with E-state index in [2.05, 4.69) is 85.0 Å². The molecule has 6 aromatic rings. The molecule has 1 amide bonds. The summed E-state index contributed by atoms with van der Waals surface area (Å²) in [7, 11) is -1.22. The zero-order chi connectivity index (χ0) is 53.4. The highest BCUT2D eigenvalue weighted by atomic mass is 32.2. The molecule has 402 valence electrons. The molecule has 10 rings (SSSR count). The molecule has 4 heterocycles. The molecular formula is C58H70N8O9S. The molecule has 4 aliphatic rings. The number of carbonyl (C=O) groups is 1. The minimum absolute atomic E-state index is 0.0343. The number of piperidine rings is 1. The minimum atomic E-state index is -4.60. The van der Waals surface area contributed by atoms with Gasteiger partial charge < -0.3 is 34.5 Å². The number of aromatic amines is 1. The van der Waals surface area contributed by atoms with Crippen molar-refractivity contribution in [2.75, 3.05) is 63.7 Å². The number of carbonyl (C=O) groups excluding carboxylic acids is 1. The summed E-state index contributed by atoms with van der Waals surface area (Å²) in [5.41, 5.74) is 4.66. The molecule has 2 saturated heterocycles. The van der Waals surface area contributed by atoms with Crippen molar-refractivity contribution in [1.82, 2.24) is 24.5 Å². The van der Waals surface area contributed by atoms with Crippen molar-refractivity contribution in [2.45, 2.75) is 107 Å². The Morgan fingerprint density at radius 1 is 0.908 bits per heavy atom. The largest absolute Gasteiger partial charge is 0.497 e. The number of piperazine rings is 1. The summed E-state index contributed by atoms with van der Waals surface area (Å²) in [6.07, 6.45) is 10.3. The lowest BCUT2D eigenvalue weighted by Gasteiger charge is -2.58. The van der Waals surface area contributed by atoms with Gasteiger partial charge in [-0.2, -0.15) is 0 Å². The first-order chi connectivity index (χ1) is 36.5. The number of methoxy groups -OCH3 is 2. The second kappa shape index (κ2) is 21.7. The Balaban J connectivity index is 0.832. The number of nitro groups is 1. The van der Waals surface area contributed by atoms with Crippen molar-refractivity contribution >= 4 is 44.0 Å². The number of amides is 1. The van der Waals surface area contributed by atoms with Crippen LogP contribution in [0.25, 0.3) is 11.0 Å². The molecule has 2 aliphatic heterocycles. The number of fused-ring (bicyclic) bond motifs is 1. The van der Waals surface area contributed by atoms with E-state index in [1.807, 2.05) is 25.1 Å². The summed E-state index contributed by atoms with van der Waals surface area (Å²) in [4.78, 5) is 40.5. The van der Waals surface area contributed by atoms with E-state index in [-0.39, 0.29) is 34.4 Å². The van der Waals surface area contributed by atoms with Crippen LogP contribution in [0.5, 0.6) is 23.0 Å². The maximum atomic E-state index is 14.1. The number of nitrogens with zero attached hydrogens (tertiary/aromatic N) is 5. The molecule has 0 radical (unpaired) electrons. The molecule has 76 heavy (non-hydrogen) atoms. The predicted octanol–water partition coefficient (Wildman–Crippen LogP) is 10.2. The van der Waals surface area contributed by atoms with Gasteiger partial charge in [-0.1, -0.05) is 38.1 Å². The normalized spacial score (nSPS) is 21.3. The Hall–Kier alpha value is -6.73. The van der Waals surface area contributed by atoms with Crippen molar-refractivity contribution in [1.29, 1.82) is 0 Å². The SMILES string of the molecule is COc1cc(CN2CCN(C3CC4(CCN(c5ccc(C(=O)NS(=O)(=O)c6ccc(NCC7CCC(C)(O)CC7)c([N+](=O)[O-])c6)c(Oc6cnc7[nH]ccc7c6)c5)CC4)C3)C(c3ccccc3C(C)C)C2)cc(OC)c1. The summed E-state index contributed by atoms with van der Waals surface area (Å²) in [6, 6.07) is 28.2. The number of hydrogen-bond donors (Lipinski definition) is 4. The number of anilines is 2. The first-order valence-electron chi connectivity index (χ1n) is 26.6. The van der Waals surface area contributed by atoms with E-state index >= 15 is 0 Å². The Morgan fingerprint density at radius 3 is 2.36 bits per heavy atom. The Morgan fingerprint density at radius 2 is 1.64 bits per heavy atom. The smallest absolute Gasteiger partial charge is 0.293 e. The molecular weight excluding hydrogens is 985 g/mol. The van der Waals surface area contributed by atoms with Gasteiger partial charge in [0.05, 0.1) is 41.4 Å². The fraction of sp³-hybridized carbons (Fsp3) is 0.448. The first kappa shape index (κ1) is 52.7. The van der Waals surface area contributed by atoms with E-state index in [0.29, 0.717) is 42.7 Å². The van der Waals surface area contributed by atoms with Crippen LogP contribution in [0.3, 0.4) is 0 Å². The van der Waals surface area contributed by atoms with E-state index in [1.54, 1.807) is 38.6 Å². The van der Waals surface area contributed by atoms with Gasteiger partial charge in [0.25, 0.3) is 21.6 Å². The third-order valence-corrected chi connectivity index (χ3v) is 17.9. The lowest BCUT2D eigenvalue weighted by atomic mass is 9.59. The van der Waals surface area contributed by atoms with E-state index in [1.165, 1.54) is 35.0 Å². The molecule has 1 spiro atoms. The molecule has 4 aromatic carbocycles. The number of aliphatic hydroxyl groups is 1. The quantitative estimate of drug-likeness (QED) is 0.0496. The van der Waals surface area contributed by atoms with Crippen molar-refractivity contribution in [3.8, 4) is 23.0 Å². The number of benzene rings is 4. The van der Waals surface area contributed by atoms with Gasteiger partial charge in [-0.25, -0.2) is 18.1 Å². The van der Waals surface area contributed by atoms with Gasteiger partial charge in [0.1, 0.15) is 34.3 Å². The van der Waals surface area contributed by atoms with Gasteiger partial charge in [0.2, 0.25) is 0 Å². The second-order valence-corrected chi connectivity index (χ2v) is 23.8. The minimum Gasteiger partial charge on any atom is -0.497 e. The fourth-order valence-corrected chi connectivity index (χ4v) is 13.1. The van der Waals surface area contributed by atoms with E-state index in [9.17, 15) is 28.4 Å². The van der Waals surface area contributed by atoms with Crippen molar-refractivity contribution < 1.29 is 37.5 Å². The monoisotopic (exact) mass is 1050 g/mol. The maximum Gasteiger partial charge on any atom is 0.293 e. The predicted molar refractivity (Wildman–Crippen MR) is 293 cm³/mol. The number of hydrogen-bond acceptors (Lipinski definition) is 14. The highest BCUT2D eigenvalue weighted by molar-refractivity contribution is 7.90. The zero-order valence-corrected chi connectivity index (χ0v) is 44.9. The maximum absolute atomic E-state index is 14.1. The van der Waals surface area contributed by atoms with Gasteiger partial charge in [0, 0.05) is 93.4 Å². The van der Waals surface area contributed by atoms with Crippen LogP contribution in [-0.2, 0) is 16.6 Å². The Bertz CT molecular complexity index is 3170. The molecule has 2 aliphatic carbocycles. The fourth-order valence-electron chi connectivity index (χ4n) is 12.1. The van der Waals surface area contributed by atoms with Crippen LogP contribution in [0, 0.1) is 21.4 Å². The Kier molecular flexibility index (Phi) is 15.1. The summed E-state index contributed by atoms with van der Waals surface area (Å²) >= 11 is 0. The number of sulfonamides is 1. The van der Waals surface area contributed by atoms with Gasteiger partial charge in [-0.15, -0.1) is 0 Å². The highest BCUT2D eigenvalue weighted by Gasteiger charge is 2.50. The van der Waals surface area contributed by atoms with Crippen LogP contribution in [0.4, 0.5) is 17.1 Å². The van der Waals surface area contributed by atoms with Crippen LogP contribution in [-0.4, -0.2) is 109 Å². The number of nitrogens with one attached hydrogen (secondary N) is 3. The standard InChI is InChI=1S/C58H70N8O9S/c1-38(2)48-8-6-7-9-49(48)53-37-63(36-40-26-44(73-4)30-45(27-40)74-5)24-25-65(53)43-32-58(33-43)19-22-64(23-20-58)42-10-12-50(54(29-42)75-46-28-41-16-21-59-55(41)61-35-46)56(67)62-76(71,72)47-11-13-51(52(31-47)66(69)70)60-34-39-14-17-57(3,68)18-15-39/h6-13,16,21,26-31,35,38-39,43,53,60,68H,14-15,17-20,22-25,32-34,36-37H2,1-5H3,(H,59,61)(H,62,67). The molecule has 1 unspecified atom stereocenters. The van der Waals surface area contributed by atoms with Gasteiger partial charge in [-0.05, 0) is 141 Å². The van der Waals surface area contributed by atoms with Crippen molar-refractivity contribution in [2.24, 2.45) is 11.3 Å². The van der Waals surface area contributed by atoms with E-state index < -0.39 is 37.0 Å². The van der Waals surface area contributed by atoms with Crippen LogP contribution in [0.1, 0.15) is 111 Å². The lowest BCUT2D eigenvalue weighted by molar-refractivity contribution is -0.384. The number of ether oxygens (including phenoxy) is 3. The van der Waals surface area contributed by atoms with Crippen LogP contribution in [0.15, 0.2) is 108 Å². The van der Waals surface area contributed by atoms with Gasteiger partial charge in [0.15, 0.2) is 0 Å². The number of nitro benzene ring substituents is 1. The van der Waals surface area contributed by atoms with E-state index in [4.69, 9.17) is 14.2 Å². The molecule has 18 heteroatoms. The lowest BCUT2D eigenvalue weighted by Crippen LogP contribution is -2.60. The number of pyridine rings is 1. The number of aromatic nitrogens is 2. The molecule has 4 fully saturated rings. The molecule has 0 bridgehead atoms. The van der Waals surface area contributed by atoms with E-state index in [0.717, 1.165) is 106 Å². The molecule has 1 atom stereocenters. The highest BCUT2D eigenvalue weighted by Crippen LogP contribution is 2.53. The third-order valence-electron chi connectivity index (χ3n) is 16.6. The van der Waals surface area contributed by atoms with Crippen LogP contribution >= 0.6 is 0 Å². The average Bonchev–Trinajstić information content (AvgIpc) is 3.93. The van der Waals surface area contributed by atoms with Crippen molar-refractivity contribution in [3.63, 3.8) is 0 Å². The van der Waals surface area contributed by atoms with Crippen molar-refractivity contribution in [3.05, 3.63) is 136 Å². The summed E-state index contributed by atoms with van der Waals surface area (Å²) < 4.78 is 47.5. The molecule has 17 nitrogen and oxygen atoms in total. The first-order valence-corrected chi connectivity index (χ1v) is 28.1. The average molecular weight is 1060 g/mol. The number of H-pyrrole nitrogens is 1. The van der Waals surface area contributed by atoms with Crippen LogP contribution in [0.2, 0.25) is 0 Å². The third kappa shape index (κ3) is 11.5. The van der Waals surface area contributed by atoms with Gasteiger partial charge >= 0.3 is 0 Å². The van der Waals surface area contributed by atoms with Crippen LogP contribution < -0.4 is 29.1 Å². The Labute approximate surface area is 445 Å².